The highest BCUT2D eigenvalue weighted by atomic mass is 16.5. The Hall–Kier alpha value is -2.34. The lowest BCUT2D eigenvalue weighted by molar-refractivity contribution is -0.143. The molecule has 1 aromatic rings. The van der Waals surface area contributed by atoms with Gasteiger partial charge in [0, 0.05) is 12.6 Å². The normalized spacial score (nSPS) is 16.3. The first-order valence-electron chi connectivity index (χ1n) is 9.41. The van der Waals surface area contributed by atoms with Gasteiger partial charge in [-0.25, -0.2) is 4.98 Å². The number of carbonyl (C=O) groups is 1. The number of carbonyl (C=O) groups excluding carboxylic acids is 1. The molecule has 0 fully saturated rings. The molecule has 3 nitrogen and oxygen atoms in total. The van der Waals surface area contributed by atoms with Crippen LogP contribution in [0.1, 0.15) is 64.6 Å². The molecule has 1 heterocycles. The number of rotatable bonds is 5. The third-order valence-corrected chi connectivity index (χ3v) is 4.82. The Morgan fingerprint density at radius 2 is 2.19 bits per heavy atom. The van der Waals surface area contributed by atoms with Gasteiger partial charge in [-0.05, 0) is 74.1 Å². The molecule has 0 atom stereocenters. The monoisotopic (exact) mass is 351 g/mol. The van der Waals surface area contributed by atoms with E-state index in [0.29, 0.717) is 19.4 Å². The molecule has 0 aromatic carbocycles. The predicted molar refractivity (Wildman–Crippen MR) is 106 cm³/mol. The second-order valence-corrected chi connectivity index (χ2v) is 7.39. The van der Waals surface area contributed by atoms with Gasteiger partial charge in [-0.3, -0.25) is 4.79 Å². The van der Waals surface area contributed by atoms with E-state index in [9.17, 15) is 4.79 Å². The Balaban J connectivity index is 1.95. The Kier molecular flexibility index (Phi) is 7.21. The third kappa shape index (κ3) is 5.88. The lowest BCUT2D eigenvalue weighted by Crippen LogP contribution is -2.18. The maximum Gasteiger partial charge on any atom is 0.306 e. The first-order valence-corrected chi connectivity index (χ1v) is 9.41. The first-order chi connectivity index (χ1) is 12.4. The molecule has 0 spiro atoms. The number of hydrogen-bond acceptors (Lipinski definition) is 3. The maximum absolute atomic E-state index is 11.4. The fraction of sp³-hybridized carbons (Fsp3) is 0.478. The van der Waals surface area contributed by atoms with Gasteiger partial charge in [0.2, 0.25) is 0 Å². The van der Waals surface area contributed by atoms with Crippen LogP contribution in [0.4, 0.5) is 0 Å². The van der Waals surface area contributed by atoms with Crippen LogP contribution in [-0.4, -0.2) is 17.6 Å². The Labute approximate surface area is 157 Å². The van der Waals surface area contributed by atoms with E-state index in [4.69, 9.17) is 4.74 Å². The topological polar surface area (TPSA) is 39.2 Å². The van der Waals surface area contributed by atoms with E-state index in [1.807, 2.05) is 25.1 Å². The van der Waals surface area contributed by atoms with E-state index in [1.165, 1.54) is 30.4 Å². The molecule has 2 rings (SSSR count). The molecule has 0 bridgehead atoms. The second-order valence-electron chi connectivity index (χ2n) is 7.39. The van der Waals surface area contributed by atoms with Crippen LogP contribution in [0.5, 0.6) is 0 Å². The van der Waals surface area contributed by atoms with E-state index in [0.717, 1.165) is 11.3 Å². The zero-order valence-corrected chi connectivity index (χ0v) is 16.4. The van der Waals surface area contributed by atoms with Crippen molar-refractivity contribution < 1.29 is 9.53 Å². The van der Waals surface area contributed by atoms with Gasteiger partial charge in [-0.15, -0.1) is 0 Å². The molecule has 1 aromatic heterocycles. The molecular formula is C23H29NO2. The molecule has 0 amide bonds. The lowest BCUT2D eigenvalue weighted by Gasteiger charge is -2.32. The molecule has 0 saturated heterocycles. The summed E-state index contributed by atoms with van der Waals surface area (Å²) in [6.45, 7) is 9.07. The number of hydrogen-bond donors (Lipinski definition) is 0. The fourth-order valence-electron chi connectivity index (χ4n) is 3.38. The molecule has 1 aliphatic carbocycles. The number of nitrogens with zero attached hydrogens (tertiary/aromatic N) is 1. The first kappa shape index (κ1) is 20.0. The quantitative estimate of drug-likeness (QED) is 0.553. The van der Waals surface area contributed by atoms with Crippen LogP contribution in [0.25, 0.3) is 0 Å². The summed E-state index contributed by atoms with van der Waals surface area (Å²) in [5.41, 5.74) is 4.88. The minimum atomic E-state index is -0.170. The summed E-state index contributed by atoms with van der Waals surface area (Å²) in [6, 6.07) is 3.87. The van der Waals surface area contributed by atoms with Gasteiger partial charge in [0.1, 0.15) is 5.69 Å². The number of esters is 1. The van der Waals surface area contributed by atoms with Crippen LogP contribution >= 0.6 is 0 Å². The molecule has 0 radical (unpaired) electrons. The van der Waals surface area contributed by atoms with Crippen LogP contribution in [0.3, 0.4) is 0 Å². The molecule has 138 valence electrons. The Morgan fingerprint density at radius 1 is 1.38 bits per heavy atom. The Bertz CT molecular complexity index is 743. The molecule has 0 saturated carbocycles. The summed E-state index contributed by atoms with van der Waals surface area (Å²) >= 11 is 0. The van der Waals surface area contributed by atoms with Crippen molar-refractivity contribution in [1.29, 1.82) is 0 Å². The van der Waals surface area contributed by atoms with Crippen molar-refractivity contribution in [2.24, 2.45) is 5.41 Å². The van der Waals surface area contributed by atoms with Crippen molar-refractivity contribution >= 4 is 5.97 Å². The van der Waals surface area contributed by atoms with Gasteiger partial charge in [0.05, 0.1) is 6.61 Å². The van der Waals surface area contributed by atoms with Gasteiger partial charge in [0.15, 0.2) is 0 Å². The number of ether oxygens (including phenoxy) is 1. The highest BCUT2D eigenvalue weighted by Gasteiger charge is 2.26. The molecular weight excluding hydrogens is 322 g/mol. The summed E-state index contributed by atoms with van der Waals surface area (Å²) in [5.74, 6) is 6.00. The number of aromatic nitrogens is 1. The predicted octanol–water partition coefficient (Wildman–Crippen LogP) is 5.01. The van der Waals surface area contributed by atoms with Crippen molar-refractivity contribution in [3.05, 3.63) is 52.9 Å². The molecule has 26 heavy (non-hydrogen) atoms. The molecule has 3 heteroatoms. The number of pyridine rings is 1. The van der Waals surface area contributed by atoms with Gasteiger partial charge in [0.25, 0.3) is 0 Å². The lowest BCUT2D eigenvalue weighted by atomic mass is 9.73. The highest BCUT2D eigenvalue weighted by molar-refractivity contribution is 5.69. The number of allylic oxidation sites excluding steroid dienone is 4. The van der Waals surface area contributed by atoms with Crippen LogP contribution < -0.4 is 0 Å². The molecule has 0 aliphatic heterocycles. The molecule has 1 aliphatic rings. The number of aryl methyl sites for hydroxylation is 1. The van der Waals surface area contributed by atoms with Crippen LogP contribution in [0, 0.1) is 17.3 Å². The van der Waals surface area contributed by atoms with Gasteiger partial charge in [-0.1, -0.05) is 37.5 Å². The Morgan fingerprint density at radius 3 is 2.85 bits per heavy atom. The standard InChI is InChI=1S/C23H29NO2/c1-5-26-22(25)15-13-19-12-14-20(24-17-19)10-6-7-11-21-18(2)9-8-16-23(21,3)4/h7,11-12,14,17H,5,8-9,13,15-16H2,1-4H3/b11-7+. The van der Waals surface area contributed by atoms with Crippen LogP contribution in [0.15, 0.2) is 41.6 Å². The summed E-state index contributed by atoms with van der Waals surface area (Å²) in [7, 11) is 0. The SMILES string of the molecule is CCOC(=O)CCc1ccc(C#C/C=C/C2=C(C)CCCC2(C)C)nc1. The van der Waals surface area contributed by atoms with Gasteiger partial charge in [-0.2, -0.15) is 0 Å². The zero-order valence-electron chi connectivity index (χ0n) is 16.4. The van der Waals surface area contributed by atoms with Gasteiger partial charge < -0.3 is 4.74 Å². The van der Waals surface area contributed by atoms with Crippen molar-refractivity contribution in [2.45, 2.75) is 59.8 Å². The van der Waals surface area contributed by atoms with Crippen molar-refractivity contribution in [2.75, 3.05) is 6.61 Å². The maximum atomic E-state index is 11.4. The molecule has 0 N–H and O–H groups in total. The van der Waals surface area contributed by atoms with Crippen LogP contribution in [0.2, 0.25) is 0 Å². The summed E-state index contributed by atoms with van der Waals surface area (Å²) in [5, 5.41) is 0. The zero-order chi connectivity index (χ0) is 19.0. The summed E-state index contributed by atoms with van der Waals surface area (Å²) < 4.78 is 4.93. The average Bonchev–Trinajstić information content (AvgIpc) is 2.60. The molecule has 0 unspecified atom stereocenters. The third-order valence-electron chi connectivity index (χ3n) is 4.82. The largest absolute Gasteiger partial charge is 0.466 e. The van der Waals surface area contributed by atoms with Crippen LogP contribution in [-0.2, 0) is 16.0 Å². The summed E-state index contributed by atoms with van der Waals surface area (Å²) in [6.07, 6.45) is 10.6. The highest BCUT2D eigenvalue weighted by Crippen LogP contribution is 2.40. The smallest absolute Gasteiger partial charge is 0.306 e. The van der Waals surface area contributed by atoms with Crippen molar-refractivity contribution in [1.82, 2.24) is 4.98 Å². The van der Waals surface area contributed by atoms with Crippen molar-refractivity contribution in [3.63, 3.8) is 0 Å². The van der Waals surface area contributed by atoms with E-state index in [2.05, 4.69) is 43.7 Å². The van der Waals surface area contributed by atoms with E-state index < -0.39 is 0 Å². The minimum Gasteiger partial charge on any atom is -0.466 e. The van der Waals surface area contributed by atoms with E-state index in [-0.39, 0.29) is 11.4 Å². The second kappa shape index (κ2) is 9.38. The fourth-order valence-corrected chi connectivity index (χ4v) is 3.38. The van der Waals surface area contributed by atoms with Gasteiger partial charge >= 0.3 is 5.97 Å². The van der Waals surface area contributed by atoms with E-state index in [1.54, 1.807) is 6.20 Å². The van der Waals surface area contributed by atoms with Crippen molar-refractivity contribution in [3.8, 4) is 11.8 Å². The average molecular weight is 351 g/mol. The minimum absolute atomic E-state index is 0.170. The summed E-state index contributed by atoms with van der Waals surface area (Å²) in [4.78, 5) is 15.7. The van der Waals surface area contributed by atoms with E-state index >= 15 is 0 Å².